The topological polar surface area (TPSA) is 96.2 Å². The highest BCUT2D eigenvalue weighted by Crippen LogP contribution is 2.32. The Balaban J connectivity index is 1.86. The highest BCUT2D eigenvalue weighted by molar-refractivity contribution is 6.12. The van der Waals surface area contributed by atoms with Gasteiger partial charge in [-0.2, -0.15) is 5.26 Å². The molecule has 1 N–H and O–H groups in total. The van der Waals surface area contributed by atoms with Crippen LogP contribution >= 0.6 is 0 Å². The Kier molecular flexibility index (Phi) is 5.65. The number of hydrogen-bond acceptors (Lipinski definition) is 5. The van der Waals surface area contributed by atoms with Crippen molar-refractivity contribution in [3.8, 4) is 11.9 Å². The molecule has 0 amide bonds. The maximum atomic E-state index is 13.6. The van der Waals surface area contributed by atoms with E-state index in [1.165, 1.54) is 6.92 Å². The third-order valence-corrected chi connectivity index (χ3v) is 6.25. The van der Waals surface area contributed by atoms with Crippen LogP contribution in [0.3, 0.4) is 0 Å². The largest absolute Gasteiger partial charge is 0.494 e. The molecule has 166 valence electrons. The van der Waals surface area contributed by atoms with Gasteiger partial charge in [-0.25, -0.2) is 0 Å². The van der Waals surface area contributed by atoms with Gasteiger partial charge in [0.05, 0.1) is 5.56 Å². The molecule has 4 aromatic rings. The lowest BCUT2D eigenvalue weighted by Crippen LogP contribution is -2.27. The van der Waals surface area contributed by atoms with Gasteiger partial charge in [0, 0.05) is 17.5 Å². The Morgan fingerprint density at radius 3 is 2.39 bits per heavy atom. The number of ketones is 1. The number of hydrogen-bond donors (Lipinski definition) is 1. The lowest BCUT2D eigenvalue weighted by atomic mass is 9.98. The predicted molar refractivity (Wildman–Crippen MR) is 126 cm³/mol. The molecule has 6 heteroatoms. The summed E-state index contributed by atoms with van der Waals surface area (Å²) in [6.45, 7) is 7.37. The van der Waals surface area contributed by atoms with Crippen molar-refractivity contribution in [1.82, 2.24) is 4.57 Å². The molecule has 0 bridgehead atoms. The number of rotatable bonds is 5. The second-order valence-corrected chi connectivity index (χ2v) is 8.32. The summed E-state index contributed by atoms with van der Waals surface area (Å²) in [6, 6.07) is 15.2. The minimum Gasteiger partial charge on any atom is -0.494 e. The zero-order valence-corrected chi connectivity index (χ0v) is 19.0. The number of carbonyl (C=O) groups is 1. The van der Waals surface area contributed by atoms with Gasteiger partial charge in [-0.3, -0.25) is 14.2 Å². The molecule has 0 saturated carbocycles. The second-order valence-electron chi connectivity index (χ2n) is 8.32. The van der Waals surface area contributed by atoms with E-state index in [0.717, 1.165) is 26.6 Å². The first-order valence-electron chi connectivity index (χ1n) is 10.7. The Morgan fingerprint density at radius 2 is 1.73 bits per heavy atom. The molecule has 0 radical (unpaired) electrons. The summed E-state index contributed by atoms with van der Waals surface area (Å²) in [5, 5.41) is 21.5. The van der Waals surface area contributed by atoms with Crippen molar-refractivity contribution in [2.24, 2.45) is 0 Å². The van der Waals surface area contributed by atoms with Crippen LogP contribution in [0.5, 0.6) is 5.88 Å². The third kappa shape index (κ3) is 3.72. The number of nitrogens with zero attached hydrogens (tertiary/aromatic N) is 2. The van der Waals surface area contributed by atoms with Gasteiger partial charge in [-0.1, -0.05) is 30.3 Å². The van der Waals surface area contributed by atoms with E-state index in [9.17, 15) is 20.0 Å². The Morgan fingerprint density at radius 1 is 1.06 bits per heavy atom. The summed E-state index contributed by atoms with van der Waals surface area (Å²) in [5.41, 5.74) is 3.59. The normalized spacial score (nSPS) is 11.0. The molecule has 2 aromatic heterocycles. The molecule has 0 fully saturated rings. The highest BCUT2D eigenvalue weighted by Gasteiger charge is 2.28. The summed E-state index contributed by atoms with van der Waals surface area (Å²) in [5.74, 6) is -0.922. The van der Waals surface area contributed by atoms with E-state index >= 15 is 0 Å². The van der Waals surface area contributed by atoms with E-state index in [4.69, 9.17) is 4.42 Å². The summed E-state index contributed by atoms with van der Waals surface area (Å²) in [4.78, 5) is 26.5. The molecule has 0 aliphatic rings. The maximum absolute atomic E-state index is 13.6. The van der Waals surface area contributed by atoms with E-state index in [-0.39, 0.29) is 29.0 Å². The number of aryl methyl sites for hydroxylation is 4. The zero-order chi connectivity index (χ0) is 23.9. The average Bonchev–Trinajstić information content (AvgIpc) is 3.10. The number of nitriles is 1. The molecule has 2 aromatic carbocycles. The van der Waals surface area contributed by atoms with Crippen molar-refractivity contribution in [3.05, 3.63) is 97.5 Å². The molecule has 0 aliphatic heterocycles. The molecule has 0 atom stereocenters. The van der Waals surface area contributed by atoms with E-state index in [1.807, 2.05) is 62.4 Å². The van der Waals surface area contributed by atoms with Crippen LogP contribution < -0.4 is 5.56 Å². The van der Waals surface area contributed by atoms with Gasteiger partial charge >= 0.3 is 0 Å². The van der Waals surface area contributed by atoms with Gasteiger partial charge in [0.1, 0.15) is 17.2 Å². The van der Waals surface area contributed by atoms with E-state index in [0.29, 0.717) is 17.6 Å². The van der Waals surface area contributed by atoms with Crippen molar-refractivity contribution in [2.45, 2.75) is 40.7 Å². The molecule has 33 heavy (non-hydrogen) atoms. The first-order chi connectivity index (χ1) is 15.7. The van der Waals surface area contributed by atoms with Gasteiger partial charge in [-0.15, -0.1) is 0 Å². The first kappa shape index (κ1) is 22.1. The number of aromatic nitrogens is 1. The average molecular weight is 440 g/mol. The van der Waals surface area contributed by atoms with Gasteiger partial charge in [-0.05, 0) is 68.5 Å². The van der Waals surface area contributed by atoms with Crippen LogP contribution in [0.4, 0.5) is 0 Å². The monoisotopic (exact) mass is 440 g/mol. The van der Waals surface area contributed by atoms with Crippen molar-refractivity contribution in [2.75, 3.05) is 0 Å². The fourth-order valence-electron chi connectivity index (χ4n) is 4.12. The van der Waals surface area contributed by atoms with Crippen molar-refractivity contribution in [3.63, 3.8) is 0 Å². The fourth-order valence-corrected chi connectivity index (χ4v) is 4.12. The van der Waals surface area contributed by atoms with Crippen molar-refractivity contribution >= 4 is 16.8 Å². The minimum atomic E-state index is -0.618. The zero-order valence-electron chi connectivity index (χ0n) is 19.0. The number of fused-ring (bicyclic) bond motifs is 1. The predicted octanol–water partition coefficient (Wildman–Crippen LogP) is 4.88. The lowest BCUT2D eigenvalue weighted by Gasteiger charge is -2.15. The molecule has 4 rings (SSSR count). The smallest absolute Gasteiger partial charge is 0.271 e. The van der Waals surface area contributed by atoms with E-state index < -0.39 is 17.2 Å². The first-order valence-corrected chi connectivity index (χ1v) is 10.7. The number of carbonyl (C=O) groups excluding carboxylic acids is 1. The number of aromatic hydroxyl groups is 1. The van der Waals surface area contributed by atoms with Crippen LogP contribution in [-0.4, -0.2) is 15.5 Å². The Labute approximate surface area is 191 Å². The number of pyridine rings is 1. The highest BCUT2D eigenvalue weighted by atomic mass is 16.3. The Hall–Kier alpha value is -4.11. The molecule has 2 heterocycles. The van der Waals surface area contributed by atoms with Gasteiger partial charge < -0.3 is 9.52 Å². The van der Waals surface area contributed by atoms with Crippen molar-refractivity contribution in [1.29, 1.82) is 5.26 Å². The van der Waals surface area contributed by atoms with Gasteiger partial charge in [0.2, 0.25) is 11.7 Å². The van der Waals surface area contributed by atoms with Crippen molar-refractivity contribution < 1.29 is 14.3 Å². The van der Waals surface area contributed by atoms with Crippen LogP contribution in [0.25, 0.3) is 11.0 Å². The van der Waals surface area contributed by atoms with E-state index in [1.54, 1.807) is 6.92 Å². The van der Waals surface area contributed by atoms with Crippen LogP contribution in [0.2, 0.25) is 0 Å². The van der Waals surface area contributed by atoms with Crippen LogP contribution in [-0.2, 0) is 13.0 Å². The standard InChI is InChI=1S/C27H24N2O4/c1-15-12-20-18(4)25(33-22(20)13-16(15)2)24(30)23-17(3)21(14-28)26(31)29(27(23)32)11-10-19-8-6-5-7-9-19/h5-9,12-13,32H,10-11H2,1-4H3. The van der Waals surface area contributed by atoms with Gasteiger partial charge in [0.25, 0.3) is 5.56 Å². The molecule has 0 aliphatic carbocycles. The SMILES string of the molecule is Cc1cc2oc(C(=O)c3c(C)c(C#N)c(=O)n(CCc4ccccc4)c3O)c(C)c2cc1C. The molecular formula is C27H24N2O4. The molecular weight excluding hydrogens is 416 g/mol. The summed E-state index contributed by atoms with van der Waals surface area (Å²) >= 11 is 0. The summed E-state index contributed by atoms with van der Waals surface area (Å²) in [6.07, 6.45) is 0.456. The molecule has 0 saturated heterocycles. The fraction of sp³-hybridized carbons (Fsp3) is 0.222. The molecule has 6 nitrogen and oxygen atoms in total. The third-order valence-electron chi connectivity index (χ3n) is 6.25. The van der Waals surface area contributed by atoms with Gasteiger partial charge in [0.15, 0.2) is 5.76 Å². The quantitative estimate of drug-likeness (QED) is 0.446. The summed E-state index contributed by atoms with van der Waals surface area (Å²) in [7, 11) is 0. The van der Waals surface area contributed by atoms with Crippen LogP contribution in [0, 0.1) is 39.0 Å². The van der Waals surface area contributed by atoms with E-state index in [2.05, 4.69) is 0 Å². The van der Waals surface area contributed by atoms with Crippen LogP contribution in [0.15, 0.2) is 51.7 Å². The number of benzene rings is 2. The number of furan rings is 1. The minimum absolute atomic E-state index is 0.0881. The van der Waals surface area contributed by atoms with Crippen LogP contribution in [0.1, 0.15) is 49.5 Å². The molecule has 0 spiro atoms. The maximum Gasteiger partial charge on any atom is 0.271 e. The lowest BCUT2D eigenvalue weighted by molar-refractivity contribution is 0.101. The second kappa shape index (κ2) is 8.44. The summed E-state index contributed by atoms with van der Waals surface area (Å²) < 4.78 is 7.00. The Bertz CT molecular complexity index is 1500. The molecule has 0 unspecified atom stereocenters.